The molecule has 1 N–H and O–H groups in total. The van der Waals surface area contributed by atoms with Crippen LogP contribution in [0.4, 0.5) is 0 Å². The molecule has 2 heterocycles. The normalized spacial score (nSPS) is 29.2. The molecule has 2 saturated heterocycles. The molecule has 26 heavy (non-hydrogen) atoms. The van der Waals surface area contributed by atoms with Crippen LogP contribution in [0.2, 0.25) is 0 Å². The van der Waals surface area contributed by atoms with Crippen molar-refractivity contribution in [2.45, 2.75) is 57.0 Å². The van der Waals surface area contributed by atoms with Crippen molar-refractivity contribution in [3.05, 3.63) is 35.9 Å². The topological polar surface area (TPSA) is 50.8 Å². The Balaban J connectivity index is 1.16. The second-order valence-corrected chi connectivity index (χ2v) is 7.92. The number of carbonyl (C=O) groups excluding carboxylic acids is 1. The summed E-state index contributed by atoms with van der Waals surface area (Å²) in [4.78, 5) is 14.8. The molecule has 1 aromatic rings. The van der Waals surface area contributed by atoms with Crippen molar-refractivity contribution >= 4 is 5.91 Å². The molecule has 1 saturated carbocycles. The lowest BCUT2D eigenvalue weighted by atomic mass is 9.90. The largest absolute Gasteiger partial charge is 0.375 e. The Morgan fingerprint density at radius 1 is 1.23 bits per heavy atom. The molecule has 1 aromatic carbocycles. The summed E-state index contributed by atoms with van der Waals surface area (Å²) in [7, 11) is 0. The van der Waals surface area contributed by atoms with Gasteiger partial charge in [0.1, 0.15) is 6.10 Å². The van der Waals surface area contributed by atoms with Crippen molar-refractivity contribution in [1.29, 1.82) is 0 Å². The minimum absolute atomic E-state index is 0.113. The molecular weight excluding hydrogens is 328 g/mol. The van der Waals surface area contributed by atoms with Crippen molar-refractivity contribution in [2.24, 2.45) is 5.92 Å². The highest BCUT2D eigenvalue weighted by Crippen LogP contribution is 2.33. The minimum Gasteiger partial charge on any atom is -0.375 e. The lowest BCUT2D eigenvalue weighted by Gasteiger charge is -2.33. The average molecular weight is 358 g/mol. The van der Waals surface area contributed by atoms with Crippen LogP contribution >= 0.6 is 0 Å². The molecule has 3 atom stereocenters. The van der Waals surface area contributed by atoms with Gasteiger partial charge in [-0.2, -0.15) is 0 Å². The number of piperidine rings is 1. The summed E-state index contributed by atoms with van der Waals surface area (Å²) in [6.45, 7) is 4.33. The highest BCUT2D eigenvalue weighted by molar-refractivity contribution is 5.81. The molecule has 0 bridgehead atoms. The van der Waals surface area contributed by atoms with E-state index in [0.29, 0.717) is 18.6 Å². The van der Waals surface area contributed by atoms with Gasteiger partial charge in [0.15, 0.2) is 0 Å². The Kier molecular flexibility index (Phi) is 5.88. The Hall–Kier alpha value is -1.43. The van der Waals surface area contributed by atoms with Gasteiger partial charge in [0.2, 0.25) is 5.91 Å². The number of hydrogen-bond donors (Lipinski definition) is 1. The molecule has 5 nitrogen and oxygen atoms in total. The minimum atomic E-state index is -0.236. The summed E-state index contributed by atoms with van der Waals surface area (Å²) < 4.78 is 11.9. The maximum atomic E-state index is 12.3. The standard InChI is InChI=1S/C21H30N2O3/c24-21(22-18-7-4-8-18)19-13-17-9-10-23(14-20(17)26-19)11-12-25-15-16-5-2-1-3-6-16/h1-3,5-6,17-20H,4,7-15H2,(H,22,24)/t17-,19-,20+/m0/s1. The van der Waals surface area contributed by atoms with Gasteiger partial charge in [-0.1, -0.05) is 30.3 Å². The van der Waals surface area contributed by atoms with Gasteiger partial charge in [0.25, 0.3) is 0 Å². The second kappa shape index (κ2) is 8.51. The van der Waals surface area contributed by atoms with E-state index in [-0.39, 0.29) is 18.1 Å². The zero-order valence-electron chi connectivity index (χ0n) is 15.4. The monoisotopic (exact) mass is 358 g/mol. The van der Waals surface area contributed by atoms with Gasteiger partial charge in [0, 0.05) is 19.1 Å². The molecule has 0 radical (unpaired) electrons. The van der Waals surface area contributed by atoms with Gasteiger partial charge in [-0.05, 0) is 50.1 Å². The molecule has 3 fully saturated rings. The molecule has 4 rings (SSSR count). The highest BCUT2D eigenvalue weighted by Gasteiger charge is 2.42. The molecule has 0 spiro atoms. The van der Waals surface area contributed by atoms with Crippen LogP contribution in [-0.2, 0) is 20.9 Å². The number of amides is 1. The Bertz CT molecular complexity index is 590. The maximum absolute atomic E-state index is 12.3. The Morgan fingerprint density at radius 2 is 2.08 bits per heavy atom. The first-order chi connectivity index (χ1) is 12.8. The smallest absolute Gasteiger partial charge is 0.249 e. The maximum Gasteiger partial charge on any atom is 0.249 e. The average Bonchev–Trinajstić information content (AvgIpc) is 3.06. The van der Waals surface area contributed by atoms with Gasteiger partial charge >= 0.3 is 0 Å². The van der Waals surface area contributed by atoms with Gasteiger partial charge in [0.05, 0.1) is 19.3 Å². The summed E-state index contributed by atoms with van der Waals surface area (Å²) in [6.07, 6.45) is 5.47. The van der Waals surface area contributed by atoms with E-state index in [2.05, 4.69) is 22.3 Å². The van der Waals surface area contributed by atoms with Crippen molar-refractivity contribution in [1.82, 2.24) is 10.2 Å². The van der Waals surface area contributed by atoms with Crippen molar-refractivity contribution in [3.63, 3.8) is 0 Å². The highest BCUT2D eigenvalue weighted by atomic mass is 16.5. The number of nitrogens with zero attached hydrogens (tertiary/aromatic N) is 1. The molecule has 1 aliphatic carbocycles. The van der Waals surface area contributed by atoms with Crippen molar-refractivity contribution < 1.29 is 14.3 Å². The number of ether oxygens (including phenoxy) is 2. The number of nitrogens with one attached hydrogen (secondary N) is 1. The zero-order chi connectivity index (χ0) is 17.8. The summed E-state index contributed by atoms with van der Waals surface area (Å²) in [5.74, 6) is 0.649. The lowest BCUT2D eigenvalue weighted by molar-refractivity contribution is -0.134. The van der Waals surface area contributed by atoms with E-state index in [0.717, 1.165) is 51.9 Å². The summed E-state index contributed by atoms with van der Waals surface area (Å²) in [5.41, 5.74) is 1.21. The van der Waals surface area contributed by atoms with Gasteiger partial charge in [-0.25, -0.2) is 0 Å². The predicted octanol–water partition coefficient (Wildman–Crippen LogP) is 2.35. The number of rotatable bonds is 7. The predicted molar refractivity (Wildman–Crippen MR) is 99.7 cm³/mol. The number of likely N-dealkylation sites (tertiary alicyclic amines) is 1. The molecule has 5 heteroatoms. The molecule has 2 aliphatic heterocycles. The van der Waals surface area contributed by atoms with Crippen LogP contribution in [0.15, 0.2) is 30.3 Å². The van der Waals surface area contributed by atoms with Crippen LogP contribution in [-0.4, -0.2) is 55.3 Å². The summed E-state index contributed by atoms with van der Waals surface area (Å²) in [6, 6.07) is 10.7. The number of benzene rings is 1. The SMILES string of the molecule is O=C(NC1CCC1)[C@@H]1C[C@@H]2CCN(CCOCc3ccccc3)C[C@H]2O1. The summed E-state index contributed by atoms with van der Waals surface area (Å²) in [5, 5.41) is 3.14. The Morgan fingerprint density at radius 3 is 2.85 bits per heavy atom. The quantitative estimate of drug-likeness (QED) is 0.760. The third-order valence-corrected chi connectivity index (χ3v) is 6.04. The van der Waals surface area contributed by atoms with Gasteiger partial charge in [-0.3, -0.25) is 9.69 Å². The second-order valence-electron chi connectivity index (χ2n) is 7.92. The van der Waals surface area contributed by atoms with E-state index in [4.69, 9.17) is 9.47 Å². The molecule has 0 unspecified atom stereocenters. The molecule has 3 aliphatic rings. The Labute approximate surface area is 156 Å². The van der Waals surface area contributed by atoms with Gasteiger partial charge < -0.3 is 14.8 Å². The molecule has 0 aromatic heterocycles. The van der Waals surface area contributed by atoms with E-state index in [9.17, 15) is 4.79 Å². The van der Waals surface area contributed by atoms with Crippen molar-refractivity contribution in [3.8, 4) is 0 Å². The molecule has 1 amide bonds. The fourth-order valence-corrected chi connectivity index (χ4v) is 4.17. The fourth-order valence-electron chi connectivity index (χ4n) is 4.17. The lowest BCUT2D eigenvalue weighted by Crippen LogP contribution is -2.45. The van der Waals surface area contributed by atoms with Crippen LogP contribution in [0.3, 0.4) is 0 Å². The number of fused-ring (bicyclic) bond motifs is 1. The van der Waals surface area contributed by atoms with E-state index >= 15 is 0 Å². The third kappa shape index (κ3) is 4.45. The van der Waals surface area contributed by atoms with Crippen LogP contribution < -0.4 is 5.32 Å². The van der Waals surface area contributed by atoms with Crippen LogP contribution in [0.25, 0.3) is 0 Å². The van der Waals surface area contributed by atoms with E-state index in [1.54, 1.807) is 0 Å². The third-order valence-electron chi connectivity index (χ3n) is 6.04. The van der Waals surface area contributed by atoms with Crippen LogP contribution in [0, 0.1) is 5.92 Å². The first kappa shape index (κ1) is 18.0. The van der Waals surface area contributed by atoms with E-state index < -0.39 is 0 Å². The first-order valence-corrected chi connectivity index (χ1v) is 10.1. The molecule has 142 valence electrons. The van der Waals surface area contributed by atoms with Crippen LogP contribution in [0.5, 0.6) is 0 Å². The fraction of sp³-hybridized carbons (Fsp3) is 0.667. The number of hydrogen-bond acceptors (Lipinski definition) is 4. The summed E-state index contributed by atoms with van der Waals surface area (Å²) >= 11 is 0. The molecular formula is C21H30N2O3. The zero-order valence-corrected chi connectivity index (χ0v) is 15.4. The van der Waals surface area contributed by atoms with E-state index in [1.165, 1.54) is 12.0 Å². The van der Waals surface area contributed by atoms with E-state index in [1.807, 2.05) is 18.2 Å². The first-order valence-electron chi connectivity index (χ1n) is 10.1. The number of carbonyl (C=O) groups is 1. The van der Waals surface area contributed by atoms with Crippen LogP contribution in [0.1, 0.15) is 37.7 Å². The van der Waals surface area contributed by atoms with Gasteiger partial charge in [-0.15, -0.1) is 0 Å². The van der Waals surface area contributed by atoms with Crippen molar-refractivity contribution in [2.75, 3.05) is 26.2 Å².